The fourth-order valence-corrected chi connectivity index (χ4v) is 2.70. The summed E-state index contributed by atoms with van der Waals surface area (Å²) in [6, 6.07) is 1.89. The van der Waals surface area contributed by atoms with Crippen LogP contribution in [0.3, 0.4) is 0 Å². The lowest BCUT2D eigenvalue weighted by atomic mass is 10.1. The molecule has 0 atom stereocenters. The predicted octanol–water partition coefficient (Wildman–Crippen LogP) is 3.20. The number of hydrogen-bond donors (Lipinski definition) is 0. The Balaban J connectivity index is 2.18. The maximum Gasteiger partial charge on any atom is 0.338 e. The summed E-state index contributed by atoms with van der Waals surface area (Å²) in [5, 5.41) is 5.41. The van der Waals surface area contributed by atoms with Crippen molar-refractivity contribution in [3.05, 3.63) is 23.0 Å². The summed E-state index contributed by atoms with van der Waals surface area (Å²) in [6.07, 6.45) is 4.47. The number of esters is 1. The number of aromatic nitrogens is 3. The minimum Gasteiger partial charge on any atom is -0.465 e. The fourth-order valence-electron chi connectivity index (χ4n) is 2.70. The molecule has 0 unspecified atom stereocenters. The monoisotopic (exact) mass is 287 g/mol. The number of carbonyl (C=O) groups excluding carboxylic acids is 1. The van der Waals surface area contributed by atoms with Gasteiger partial charge in [-0.05, 0) is 32.3 Å². The SMILES string of the molecule is CCCCn1nc(C)c2c(C(=O)OC)cc(C3CC3)nc21. The summed E-state index contributed by atoms with van der Waals surface area (Å²) in [5.74, 6) is 0.190. The van der Waals surface area contributed by atoms with E-state index < -0.39 is 0 Å². The highest BCUT2D eigenvalue weighted by Gasteiger charge is 2.28. The first-order chi connectivity index (χ1) is 10.2. The minimum absolute atomic E-state index is 0.303. The highest BCUT2D eigenvalue weighted by Crippen LogP contribution is 2.40. The number of aryl methyl sites for hydroxylation is 2. The van der Waals surface area contributed by atoms with Gasteiger partial charge in [0, 0.05) is 18.2 Å². The molecule has 1 saturated carbocycles. The zero-order valence-electron chi connectivity index (χ0n) is 12.8. The number of carbonyl (C=O) groups is 1. The van der Waals surface area contributed by atoms with Crippen molar-refractivity contribution in [1.29, 1.82) is 0 Å². The highest BCUT2D eigenvalue weighted by atomic mass is 16.5. The van der Waals surface area contributed by atoms with Crippen LogP contribution in [0.4, 0.5) is 0 Å². The van der Waals surface area contributed by atoms with E-state index in [9.17, 15) is 4.79 Å². The summed E-state index contributed by atoms with van der Waals surface area (Å²) in [5.41, 5.74) is 3.27. The van der Waals surface area contributed by atoms with E-state index in [2.05, 4.69) is 12.0 Å². The van der Waals surface area contributed by atoms with Gasteiger partial charge in [-0.1, -0.05) is 13.3 Å². The summed E-state index contributed by atoms with van der Waals surface area (Å²) in [7, 11) is 1.42. The summed E-state index contributed by atoms with van der Waals surface area (Å²) >= 11 is 0. The molecule has 2 aromatic heterocycles. The molecule has 0 bridgehead atoms. The molecule has 0 aromatic carbocycles. The van der Waals surface area contributed by atoms with Crippen LogP contribution in [0.15, 0.2) is 6.07 Å². The Hall–Kier alpha value is -1.91. The van der Waals surface area contributed by atoms with E-state index in [1.165, 1.54) is 7.11 Å². The molecule has 0 spiro atoms. The van der Waals surface area contributed by atoms with Crippen LogP contribution in [0.1, 0.15) is 60.3 Å². The molecule has 5 nitrogen and oxygen atoms in total. The van der Waals surface area contributed by atoms with Gasteiger partial charge in [0.05, 0.1) is 23.8 Å². The lowest BCUT2D eigenvalue weighted by molar-refractivity contribution is 0.0602. The van der Waals surface area contributed by atoms with Gasteiger partial charge in [-0.25, -0.2) is 14.5 Å². The second-order valence-corrected chi connectivity index (χ2v) is 5.72. The number of unbranched alkanes of at least 4 members (excludes halogenated alkanes) is 1. The summed E-state index contributed by atoms with van der Waals surface area (Å²) in [4.78, 5) is 16.9. The second-order valence-electron chi connectivity index (χ2n) is 5.72. The molecule has 1 aliphatic rings. The van der Waals surface area contributed by atoms with Crippen LogP contribution in [0.2, 0.25) is 0 Å². The van der Waals surface area contributed by atoms with E-state index in [-0.39, 0.29) is 5.97 Å². The van der Waals surface area contributed by atoms with E-state index >= 15 is 0 Å². The first kappa shape index (κ1) is 14.0. The van der Waals surface area contributed by atoms with Crippen molar-refractivity contribution in [3.8, 4) is 0 Å². The third kappa shape index (κ3) is 2.52. The second kappa shape index (κ2) is 5.47. The molecular weight excluding hydrogens is 266 g/mol. The van der Waals surface area contributed by atoms with Crippen LogP contribution < -0.4 is 0 Å². The van der Waals surface area contributed by atoms with Gasteiger partial charge in [-0.15, -0.1) is 0 Å². The van der Waals surface area contributed by atoms with Gasteiger partial charge < -0.3 is 4.74 Å². The molecule has 112 valence electrons. The third-order valence-electron chi connectivity index (χ3n) is 4.02. The molecule has 0 amide bonds. The van der Waals surface area contributed by atoms with Gasteiger partial charge in [-0.3, -0.25) is 0 Å². The first-order valence-electron chi connectivity index (χ1n) is 7.62. The minimum atomic E-state index is -0.303. The highest BCUT2D eigenvalue weighted by molar-refractivity contribution is 6.03. The topological polar surface area (TPSA) is 57.0 Å². The standard InChI is InChI=1S/C16H21N3O2/c1-4-5-8-19-15-14(10(2)18-19)12(16(20)21-3)9-13(17-15)11-6-7-11/h9,11H,4-8H2,1-3H3. The molecule has 1 fully saturated rings. The zero-order valence-corrected chi connectivity index (χ0v) is 12.8. The van der Waals surface area contributed by atoms with Crippen molar-refractivity contribution in [1.82, 2.24) is 14.8 Å². The van der Waals surface area contributed by atoms with Crippen LogP contribution in [-0.4, -0.2) is 27.8 Å². The Morgan fingerprint density at radius 1 is 1.48 bits per heavy atom. The van der Waals surface area contributed by atoms with E-state index in [1.54, 1.807) is 0 Å². The van der Waals surface area contributed by atoms with E-state index in [0.717, 1.165) is 54.6 Å². The Morgan fingerprint density at radius 2 is 2.24 bits per heavy atom. The van der Waals surface area contributed by atoms with Crippen molar-refractivity contribution in [2.24, 2.45) is 0 Å². The smallest absolute Gasteiger partial charge is 0.338 e. The van der Waals surface area contributed by atoms with Crippen molar-refractivity contribution in [3.63, 3.8) is 0 Å². The molecule has 1 aliphatic carbocycles. The lowest BCUT2D eigenvalue weighted by Crippen LogP contribution is -2.06. The Kier molecular flexibility index (Phi) is 3.66. The number of rotatable bonds is 5. The molecule has 0 N–H and O–H groups in total. The quantitative estimate of drug-likeness (QED) is 0.792. The Morgan fingerprint density at radius 3 is 2.86 bits per heavy atom. The fraction of sp³-hybridized carbons (Fsp3) is 0.562. The Labute approximate surface area is 124 Å². The molecule has 0 aliphatic heterocycles. The predicted molar refractivity (Wildman–Crippen MR) is 80.5 cm³/mol. The van der Waals surface area contributed by atoms with Crippen molar-refractivity contribution >= 4 is 17.0 Å². The van der Waals surface area contributed by atoms with Gasteiger partial charge in [0.25, 0.3) is 0 Å². The molecule has 2 aromatic rings. The average molecular weight is 287 g/mol. The number of fused-ring (bicyclic) bond motifs is 1. The molecule has 0 saturated heterocycles. The number of ether oxygens (including phenoxy) is 1. The van der Waals surface area contributed by atoms with E-state index in [0.29, 0.717) is 11.5 Å². The summed E-state index contributed by atoms with van der Waals surface area (Å²) < 4.78 is 6.88. The van der Waals surface area contributed by atoms with E-state index in [1.807, 2.05) is 17.7 Å². The van der Waals surface area contributed by atoms with Crippen LogP contribution in [0.5, 0.6) is 0 Å². The van der Waals surface area contributed by atoms with Gasteiger partial charge in [0.1, 0.15) is 0 Å². The van der Waals surface area contributed by atoms with Crippen molar-refractivity contribution in [2.75, 3.05) is 7.11 Å². The number of pyridine rings is 1. The van der Waals surface area contributed by atoms with Crippen LogP contribution in [0.25, 0.3) is 11.0 Å². The average Bonchev–Trinajstić information content (AvgIpc) is 3.29. The Bertz CT molecular complexity index is 686. The maximum atomic E-state index is 12.1. The van der Waals surface area contributed by atoms with Crippen LogP contribution in [-0.2, 0) is 11.3 Å². The van der Waals surface area contributed by atoms with Crippen LogP contribution >= 0.6 is 0 Å². The molecule has 5 heteroatoms. The summed E-state index contributed by atoms with van der Waals surface area (Å²) in [6.45, 7) is 4.92. The third-order valence-corrected chi connectivity index (χ3v) is 4.02. The number of hydrogen-bond acceptors (Lipinski definition) is 4. The van der Waals surface area contributed by atoms with E-state index in [4.69, 9.17) is 9.72 Å². The van der Waals surface area contributed by atoms with Gasteiger partial charge in [0.2, 0.25) is 0 Å². The van der Waals surface area contributed by atoms with Gasteiger partial charge in [0.15, 0.2) is 5.65 Å². The maximum absolute atomic E-state index is 12.1. The van der Waals surface area contributed by atoms with Crippen LogP contribution in [0, 0.1) is 6.92 Å². The zero-order chi connectivity index (χ0) is 15.0. The number of nitrogens with zero attached hydrogens (tertiary/aromatic N) is 3. The lowest BCUT2D eigenvalue weighted by Gasteiger charge is -2.07. The molecule has 21 heavy (non-hydrogen) atoms. The molecule has 3 rings (SSSR count). The molecular formula is C16H21N3O2. The van der Waals surface area contributed by atoms with Crippen molar-refractivity contribution < 1.29 is 9.53 Å². The van der Waals surface area contributed by atoms with Crippen molar-refractivity contribution in [2.45, 2.75) is 52.0 Å². The molecule has 0 radical (unpaired) electrons. The van der Waals surface area contributed by atoms with Gasteiger partial charge in [-0.2, -0.15) is 5.10 Å². The number of methoxy groups -OCH3 is 1. The largest absolute Gasteiger partial charge is 0.465 e. The van der Waals surface area contributed by atoms with Gasteiger partial charge >= 0.3 is 5.97 Å². The first-order valence-corrected chi connectivity index (χ1v) is 7.62. The normalized spacial score (nSPS) is 14.6. The molecule has 2 heterocycles.